The first kappa shape index (κ1) is 14.7. The summed E-state index contributed by atoms with van der Waals surface area (Å²) in [7, 11) is 2.04. The summed E-state index contributed by atoms with van der Waals surface area (Å²) >= 11 is 0. The first-order chi connectivity index (χ1) is 8.43. The Kier molecular flexibility index (Phi) is 5.34. The molecule has 0 amide bonds. The highest BCUT2D eigenvalue weighted by Crippen LogP contribution is 2.16. The van der Waals surface area contributed by atoms with Crippen LogP contribution in [0.5, 0.6) is 0 Å². The molecular weight excluding hydrogens is 226 g/mol. The van der Waals surface area contributed by atoms with Gasteiger partial charge in [0.25, 0.3) is 0 Å². The summed E-state index contributed by atoms with van der Waals surface area (Å²) in [6.07, 6.45) is 0. The Morgan fingerprint density at radius 3 is 2.56 bits per heavy atom. The van der Waals surface area contributed by atoms with Crippen LogP contribution in [0.2, 0.25) is 0 Å². The monoisotopic (exact) mass is 251 g/mol. The van der Waals surface area contributed by atoms with Gasteiger partial charge in [0, 0.05) is 25.7 Å². The van der Waals surface area contributed by atoms with Crippen LogP contribution in [0.3, 0.4) is 0 Å². The average Bonchev–Trinajstić information content (AvgIpc) is 2.34. The number of nitrogens with two attached hydrogens (primary N) is 1. The molecule has 0 radical (unpaired) electrons. The fourth-order valence-electron chi connectivity index (χ4n) is 1.45. The maximum atomic E-state index is 5.60. The molecule has 0 fully saturated rings. The van der Waals surface area contributed by atoms with Crippen LogP contribution in [-0.2, 0) is 0 Å². The Hall–Kier alpha value is -1.36. The molecule has 5 nitrogen and oxygen atoms in total. The zero-order valence-corrected chi connectivity index (χ0v) is 12.1. The van der Waals surface area contributed by atoms with E-state index in [1.54, 1.807) is 0 Å². The fourth-order valence-corrected chi connectivity index (χ4v) is 1.45. The summed E-state index contributed by atoms with van der Waals surface area (Å²) in [6, 6.07) is 2.39. The molecule has 0 saturated carbocycles. The number of nitrogens with zero attached hydrogens (tertiary/aromatic N) is 3. The van der Waals surface area contributed by atoms with E-state index in [1.165, 1.54) is 0 Å². The molecule has 0 aliphatic rings. The van der Waals surface area contributed by atoms with Crippen LogP contribution in [0.4, 0.5) is 11.6 Å². The first-order valence-corrected chi connectivity index (χ1v) is 6.46. The molecule has 5 heteroatoms. The lowest BCUT2D eigenvalue weighted by Crippen LogP contribution is -2.27. The van der Waals surface area contributed by atoms with E-state index in [2.05, 4.69) is 41.0 Å². The maximum Gasteiger partial charge on any atom is 0.134 e. The summed E-state index contributed by atoms with van der Waals surface area (Å²) in [6.45, 7) is 9.81. The van der Waals surface area contributed by atoms with E-state index in [0.717, 1.165) is 24.0 Å². The lowest BCUT2D eigenvalue weighted by atomic mass is 10.2. The van der Waals surface area contributed by atoms with Gasteiger partial charge < -0.3 is 16.0 Å². The van der Waals surface area contributed by atoms with Crippen LogP contribution >= 0.6 is 0 Å². The summed E-state index contributed by atoms with van der Waals surface area (Å²) in [5.41, 5.74) is 5.60. The van der Waals surface area contributed by atoms with E-state index in [-0.39, 0.29) is 0 Å². The largest absolute Gasteiger partial charge is 0.370 e. The van der Waals surface area contributed by atoms with Crippen molar-refractivity contribution in [1.82, 2.24) is 9.97 Å². The van der Waals surface area contributed by atoms with Crippen LogP contribution < -0.4 is 16.0 Å². The molecule has 0 aromatic carbocycles. The minimum atomic E-state index is 0.412. The minimum absolute atomic E-state index is 0.412. The predicted octanol–water partition coefficient (Wildman–Crippen LogP) is 1.64. The summed E-state index contributed by atoms with van der Waals surface area (Å²) in [5.74, 6) is 3.03. The van der Waals surface area contributed by atoms with Gasteiger partial charge >= 0.3 is 0 Å². The lowest BCUT2D eigenvalue weighted by Gasteiger charge is -2.23. The first-order valence-electron chi connectivity index (χ1n) is 6.46. The summed E-state index contributed by atoms with van der Waals surface area (Å²) < 4.78 is 0. The lowest BCUT2D eigenvalue weighted by molar-refractivity contribution is 0.626. The molecule has 0 bridgehead atoms. The van der Waals surface area contributed by atoms with Gasteiger partial charge in [0.05, 0.1) is 0 Å². The van der Waals surface area contributed by atoms with E-state index in [0.29, 0.717) is 18.5 Å². The molecule has 18 heavy (non-hydrogen) atoms. The van der Waals surface area contributed by atoms with Gasteiger partial charge in [0.1, 0.15) is 17.5 Å². The van der Waals surface area contributed by atoms with E-state index in [9.17, 15) is 0 Å². The third-order valence-corrected chi connectivity index (χ3v) is 2.99. The van der Waals surface area contributed by atoms with E-state index in [4.69, 9.17) is 5.73 Å². The van der Waals surface area contributed by atoms with Crippen molar-refractivity contribution >= 4 is 11.6 Å². The SMILES string of the molecule is Cc1nc(NCC(C)CN)cc(N(C)C(C)C)n1. The van der Waals surface area contributed by atoms with Crippen molar-refractivity contribution in [3.8, 4) is 0 Å². The van der Waals surface area contributed by atoms with Crippen LogP contribution in [0.15, 0.2) is 6.07 Å². The van der Waals surface area contributed by atoms with Crippen molar-refractivity contribution in [3.05, 3.63) is 11.9 Å². The highest BCUT2D eigenvalue weighted by atomic mass is 15.2. The Bertz CT molecular complexity index is 378. The molecular formula is C13H25N5. The normalized spacial score (nSPS) is 12.6. The highest BCUT2D eigenvalue weighted by Gasteiger charge is 2.09. The third kappa shape index (κ3) is 4.14. The molecule has 0 spiro atoms. The van der Waals surface area contributed by atoms with E-state index < -0.39 is 0 Å². The number of rotatable bonds is 6. The zero-order valence-electron chi connectivity index (χ0n) is 12.1. The Labute approximate surface area is 110 Å². The van der Waals surface area contributed by atoms with Crippen molar-refractivity contribution in [2.75, 3.05) is 30.4 Å². The third-order valence-electron chi connectivity index (χ3n) is 2.99. The minimum Gasteiger partial charge on any atom is -0.370 e. The number of aryl methyl sites for hydroxylation is 1. The van der Waals surface area contributed by atoms with Gasteiger partial charge in [-0.05, 0) is 33.2 Å². The van der Waals surface area contributed by atoms with Gasteiger partial charge in [-0.2, -0.15) is 0 Å². The van der Waals surface area contributed by atoms with Gasteiger partial charge in [-0.1, -0.05) is 6.92 Å². The van der Waals surface area contributed by atoms with Gasteiger partial charge in [0.2, 0.25) is 0 Å². The summed E-state index contributed by atoms with van der Waals surface area (Å²) in [5, 5.41) is 3.31. The highest BCUT2D eigenvalue weighted by molar-refractivity contribution is 5.49. The molecule has 0 aliphatic heterocycles. The smallest absolute Gasteiger partial charge is 0.134 e. The standard InChI is InChI=1S/C13H25N5/c1-9(2)18(5)13-6-12(16-11(4)17-13)15-8-10(3)7-14/h6,9-10H,7-8,14H2,1-5H3,(H,15,16,17). The number of nitrogens with one attached hydrogen (secondary N) is 1. The second-order valence-corrected chi connectivity index (χ2v) is 5.09. The predicted molar refractivity (Wildman–Crippen MR) is 77.0 cm³/mol. The Morgan fingerprint density at radius 2 is 2.00 bits per heavy atom. The molecule has 1 rings (SSSR count). The molecule has 1 unspecified atom stereocenters. The molecule has 1 aromatic heterocycles. The second kappa shape index (κ2) is 6.54. The van der Waals surface area contributed by atoms with Crippen LogP contribution in [0, 0.1) is 12.8 Å². The van der Waals surface area contributed by atoms with Gasteiger partial charge in [-0.3, -0.25) is 0 Å². The Morgan fingerprint density at radius 1 is 1.33 bits per heavy atom. The van der Waals surface area contributed by atoms with Gasteiger partial charge in [-0.15, -0.1) is 0 Å². The summed E-state index contributed by atoms with van der Waals surface area (Å²) in [4.78, 5) is 11.0. The number of aromatic nitrogens is 2. The molecule has 1 heterocycles. The van der Waals surface area contributed by atoms with E-state index >= 15 is 0 Å². The Balaban J connectivity index is 2.81. The number of hydrogen-bond donors (Lipinski definition) is 2. The topological polar surface area (TPSA) is 67.1 Å². The molecule has 3 N–H and O–H groups in total. The average molecular weight is 251 g/mol. The maximum absolute atomic E-state index is 5.60. The van der Waals surface area contributed by atoms with Gasteiger partial charge in [0.15, 0.2) is 0 Å². The molecule has 0 saturated heterocycles. The quantitative estimate of drug-likeness (QED) is 0.804. The van der Waals surface area contributed by atoms with E-state index in [1.807, 2.05) is 20.0 Å². The van der Waals surface area contributed by atoms with Crippen molar-refractivity contribution < 1.29 is 0 Å². The van der Waals surface area contributed by atoms with Gasteiger partial charge in [-0.25, -0.2) is 9.97 Å². The van der Waals surface area contributed by atoms with Crippen molar-refractivity contribution in [2.24, 2.45) is 11.7 Å². The number of hydrogen-bond acceptors (Lipinski definition) is 5. The fraction of sp³-hybridized carbons (Fsp3) is 0.692. The van der Waals surface area contributed by atoms with Crippen LogP contribution in [0.1, 0.15) is 26.6 Å². The molecule has 1 aromatic rings. The van der Waals surface area contributed by atoms with Crippen LogP contribution in [0.25, 0.3) is 0 Å². The van der Waals surface area contributed by atoms with Crippen molar-refractivity contribution in [2.45, 2.75) is 33.7 Å². The second-order valence-electron chi connectivity index (χ2n) is 5.09. The van der Waals surface area contributed by atoms with Crippen molar-refractivity contribution in [3.63, 3.8) is 0 Å². The van der Waals surface area contributed by atoms with Crippen molar-refractivity contribution in [1.29, 1.82) is 0 Å². The molecule has 0 aliphatic carbocycles. The molecule has 102 valence electrons. The number of anilines is 2. The molecule has 1 atom stereocenters. The zero-order chi connectivity index (χ0) is 13.7. The van der Waals surface area contributed by atoms with Crippen LogP contribution in [-0.4, -0.2) is 36.1 Å².